The maximum atomic E-state index is 12.6. The van der Waals surface area contributed by atoms with E-state index in [0.717, 1.165) is 19.4 Å². The first-order chi connectivity index (χ1) is 10.0. The van der Waals surface area contributed by atoms with Crippen molar-refractivity contribution in [3.63, 3.8) is 0 Å². The van der Waals surface area contributed by atoms with Crippen molar-refractivity contribution in [2.75, 3.05) is 13.1 Å². The van der Waals surface area contributed by atoms with Crippen molar-refractivity contribution in [2.24, 2.45) is 11.7 Å². The minimum Gasteiger partial charge on any atom is -0.338 e. The van der Waals surface area contributed by atoms with Gasteiger partial charge in [0.1, 0.15) is 0 Å². The number of carbonyl (C=O) groups is 1. The fourth-order valence-electron chi connectivity index (χ4n) is 3.43. The Balaban J connectivity index is 2.02. The average molecular weight is 288 g/mol. The third kappa shape index (κ3) is 3.85. The van der Waals surface area contributed by atoms with Crippen LogP contribution < -0.4 is 5.73 Å². The number of amides is 1. The van der Waals surface area contributed by atoms with Crippen LogP contribution in [-0.2, 0) is 4.79 Å². The molecule has 1 aliphatic rings. The van der Waals surface area contributed by atoms with E-state index >= 15 is 0 Å². The summed E-state index contributed by atoms with van der Waals surface area (Å²) in [4.78, 5) is 14.7. The summed E-state index contributed by atoms with van der Waals surface area (Å²) in [5, 5.41) is 0. The molecule has 0 aliphatic carbocycles. The van der Waals surface area contributed by atoms with Crippen molar-refractivity contribution >= 4 is 5.91 Å². The van der Waals surface area contributed by atoms with E-state index in [9.17, 15) is 4.79 Å². The Bertz CT molecular complexity index is 486. The van der Waals surface area contributed by atoms with Crippen molar-refractivity contribution in [1.82, 2.24) is 4.90 Å². The summed E-state index contributed by atoms with van der Waals surface area (Å²) in [6, 6.07) is 8.57. The van der Waals surface area contributed by atoms with Gasteiger partial charge in [-0.25, -0.2) is 0 Å². The summed E-state index contributed by atoms with van der Waals surface area (Å²) in [6.07, 6.45) is 2.72. The summed E-state index contributed by atoms with van der Waals surface area (Å²) in [5.74, 6) is 1.20. The van der Waals surface area contributed by atoms with E-state index in [2.05, 4.69) is 39.0 Å². The van der Waals surface area contributed by atoms with Gasteiger partial charge in [0.25, 0.3) is 0 Å². The van der Waals surface area contributed by atoms with Gasteiger partial charge in [-0.2, -0.15) is 0 Å². The standard InChI is InChI=1S/C18H28N2O/c1-13-8-9-20(16(10-13)12-19)18(21)11-15(3)17-7-5-4-6-14(17)2/h4-7,13,15-16H,8-12,19H2,1-3H3. The van der Waals surface area contributed by atoms with Crippen molar-refractivity contribution < 1.29 is 4.79 Å². The Hall–Kier alpha value is -1.35. The van der Waals surface area contributed by atoms with Crippen LogP contribution in [0.15, 0.2) is 24.3 Å². The van der Waals surface area contributed by atoms with Gasteiger partial charge in [0.15, 0.2) is 0 Å². The molecule has 116 valence electrons. The Morgan fingerprint density at radius 3 is 2.81 bits per heavy atom. The smallest absolute Gasteiger partial charge is 0.223 e. The highest BCUT2D eigenvalue weighted by atomic mass is 16.2. The predicted molar refractivity (Wildman–Crippen MR) is 87.2 cm³/mol. The lowest BCUT2D eigenvalue weighted by atomic mass is 9.90. The van der Waals surface area contributed by atoms with Crippen LogP contribution in [0.5, 0.6) is 0 Å². The zero-order chi connectivity index (χ0) is 15.4. The van der Waals surface area contributed by atoms with Gasteiger partial charge in [0, 0.05) is 25.6 Å². The lowest BCUT2D eigenvalue weighted by Gasteiger charge is -2.38. The number of piperidine rings is 1. The minimum atomic E-state index is 0.227. The number of carbonyl (C=O) groups excluding carboxylic acids is 1. The largest absolute Gasteiger partial charge is 0.338 e. The van der Waals surface area contributed by atoms with Gasteiger partial charge < -0.3 is 10.6 Å². The molecule has 1 aliphatic heterocycles. The molecular weight excluding hydrogens is 260 g/mol. The maximum absolute atomic E-state index is 12.6. The van der Waals surface area contributed by atoms with Crippen molar-refractivity contribution in [2.45, 2.75) is 52.0 Å². The Kier molecular flexibility index (Phi) is 5.40. The van der Waals surface area contributed by atoms with E-state index in [1.54, 1.807) is 0 Å². The molecule has 3 heteroatoms. The molecule has 2 N–H and O–H groups in total. The molecule has 1 heterocycles. The van der Waals surface area contributed by atoms with Crippen molar-refractivity contribution in [3.8, 4) is 0 Å². The van der Waals surface area contributed by atoms with Gasteiger partial charge in [-0.1, -0.05) is 38.1 Å². The molecule has 1 aromatic carbocycles. The van der Waals surface area contributed by atoms with Gasteiger partial charge in [0.05, 0.1) is 0 Å². The summed E-state index contributed by atoms with van der Waals surface area (Å²) in [5.41, 5.74) is 8.41. The summed E-state index contributed by atoms with van der Waals surface area (Å²) in [6.45, 7) is 7.95. The highest BCUT2D eigenvalue weighted by Gasteiger charge is 2.29. The van der Waals surface area contributed by atoms with Crippen LogP contribution in [0.2, 0.25) is 0 Å². The number of rotatable bonds is 4. The maximum Gasteiger partial charge on any atom is 0.223 e. The molecule has 0 bridgehead atoms. The number of hydrogen-bond acceptors (Lipinski definition) is 2. The molecule has 3 nitrogen and oxygen atoms in total. The van der Waals surface area contributed by atoms with Crippen LogP contribution in [0.4, 0.5) is 0 Å². The van der Waals surface area contributed by atoms with E-state index in [1.165, 1.54) is 11.1 Å². The summed E-state index contributed by atoms with van der Waals surface area (Å²) >= 11 is 0. The normalized spacial score (nSPS) is 23.9. The molecule has 1 saturated heterocycles. The number of hydrogen-bond donors (Lipinski definition) is 1. The van der Waals surface area contributed by atoms with Gasteiger partial charge in [-0.05, 0) is 42.7 Å². The second-order valence-electron chi connectivity index (χ2n) is 6.57. The fraction of sp³-hybridized carbons (Fsp3) is 0.611. The Labute approximate surface area is 128 Å². The quantitative estimate of drug-likeness (QED) is 0.925. The Morgan fingerprint density at radius 1 is 1.43 bits per heavy atom. The number of aryl methyl sites for hydroxylation is 1. The third-order valence-corrected chi connectivity index (χ3v) is 4.77. The highest BCUT2D eigenvalue weighted by Crippen LogP contribution is 2.27. The Morgan fingerprint density at radius 2 is 2.14 bits per heavy atom. The number of nitrogens with two attached hydrogens (primary N) is 1. The van der Waals surface area contributed by atoms with E-state index in [1.807, 2.05) is 11.0 Å². The van der Waals surface area contributed by atoms with Crippen LogP contribution in [0.3, 0.4) is 0 Å². The fourth-order valence-corrected chi connectivity index (χ4v) is 3.43. The second-order valence-corrected chi connectivity index (χ2v) is 6.57. The molecule has 2 rings (SSSR count). The first-order valence-corrected chi connectivity index (χ1v) is 8.08. The molecule has 3 atom stereocenters. The van der Waals surface area contributed by atoms with Crippen LogP contribution in [-0.4, -0.2) is 29.9 Å². The molecule has 0 spiro atoms. The van der Waals surface area contributed by atoms with E-state index < -0.39 is 0 Å². The third-order valence-electron chi connectivity index (χ3n) is 4.77. The van der Waals surface area contributed by atoms with Gasteiger partial charge in [-0.3, -0.25) is 4.79 Å². The molecule has 0 saturated carbocycles. The van der Waals surface area contributed by atoms with Gasteiger partial charge >= 0.3 is 0 Å². The molecule has 21 heavy (non-hydrogen) atoms. The van der Waals surface area contributed by atoms with Crippen LogP contribution >= 0.6 is 0 Å². The van der Waals surface area contributed by atoms with E-state index in [-0.39, 0.29) is 17.9 Å². The topological polar surface area (TPSA) is 46.3 Å². The monoisotopic (exact) mass is 288 g/mol. The van der Waals surface area contributed by atoms with Crippen LogP contribution in [0.1, 0.15) is 50.2 Å². The average Bonchev–Trinajstić information content (AvgIpc) is 2.47. The van der Waals surface area contributed by atoms with E-state index in [0.29, 0.717) is 18.9 Å². The first-order valence-electron chi connectivity index (χ1n) is 8.08. The zero-order valence-corrected chi connectivity index (χ0v) is 13.5. The summed E-state index contributed by atoms with van der Waals surface area (Å²) < 4.78 is 0. The molecule has 1 amide bonds. The van der Waals surface area contributed by atoms with Gasteiger partial charge in [-0.15, -0.1) is 0 Å². The SMILES string of the molecule is Cc1ccccc1C(C)CC(=O)N1CCC(C)CC1CN. The first kappa shape index (κ1) is 16.0. The van der Waals surface area contributed by atoms with Gasteiger partial charge in [0.2, 0.25) is 5.91 Å². The lowest BCUT2D eigenvalue weighted by molar-refractivity contribution is -0.135. The molecule has 1 fully saturated rings. The van der Waals surface area contributed by atoms with Crippen molar-refractivity contribution in [3.05, 3.63) is 35.4 Å². The molecule has 0 aromatic heterocycles. The molecule has 0 radical (unpaired) electrons. The highest BCUT2D eigenvalue weighted by molar-refractivity contribution is 5.77. The van der Waals surface area contributed by atoms with Crippen molar-refractivity contribution in [1.29, 1.82) is 0 Å². The second kappa shape index (κ2) is 7.08. The summed E-state index contributed by atoms with van der Waals surface area (Å²) in [7, 11) is 0. The molecule has 3 unspecified atom stereocenters. The van der Waals surface area contributed by atoms with E-state index in [4.69, 9.17) is 5.73 Å². The van der Waals surface area contributed by atoms with Crippen LogP contribution in [0, 0.1) is 12.8 Å². The molecular formula is C18H28N2O. The number of likely N-dealkylation sites (tertiary alicyclic amines) is 1. The minimum absolute atomic E-state index is 0.227. The predicted octanol–water partition coefficient (Wildman–Crippen LogP) is 3.07. The van der Waals surface area contributed by atoms with Crippen LogP contribution in [0.25, 0.3) is 0 Å². The number of nitrogens with zero attached hydrogens (tertiary/aromatic N) is 1. The lowest BCUT2D eigenvalue weighted by Crippen LogP contribution is -2.49. The zero-order valence-electron chi connectivity index (χ0n) is 13.5. The number of benzene rings is 1. The molecule has 1 aromatic rings.